The van der Waals surface area contributed by atoms with Crippen molar-refractivity contribution >= 4 is 34.9 Å². The zero-order valence-corrected chi connectivity index (χ0v) is 16.3. The zero-order valence-electron chi connectivity index (χ0n) is 14.7. The lowest BCUT2D eigenvalue weighted by Crippen LogP contribution is -2.29. The summed E-state index contributed by atoms with van der Waals surface area (Å²) in [4.78, 5) is 27.5. The Balaban J connectivity index is 1.87. The van der Waals surface area contributed by atoms with Gasteiger partial charge in [-0.25, -0.2) is 4.79 Å². The smallest absolute Gasteiger partial charge is 0.352 e. The van der Waals surface area contributed by atoms with Gasteiger partial charge in [0.1, 0.15) is 0 Å². The van der Waals surface area contributed by atoms with E-state index in [1.54, 1.807) is 6.92 Å². The predicted octanol–water partition coefficient (Wildman–Crippen LogP) is 4.06. The van der Waals surface area contributed by atoms with Crippen molar-refractivity contribution in [1.82, 2.24) is 4.90 Å². The second kappa shape index (κ2) is 8.20. The van der Waals surface area contributed by atoms with Crippen LogP contribution in [0.4, 0.5) is 0 Å². The number of carbonyl (C=O) groups excluding carboxylic acids is 2. The number of esters is 2. The van der Waals surface area contributed by atoms with Gasteiger partial charge in [0.05, 0.1) is 6.61 Å². The van der Waals surface area contributed by atoms with Crippen LogP contribution in [0.2, 0.25) is 5.02 Å². The fourth-order valence-corrected chi connectivity index (χ4v) is 4.32. The first-order valence-corrected chi connectivity index (χ1v) is 9.64. The van der Waals surface area contributed by atoms with Crippen LogP contribution in [0.15, 0.2) is 24.3 Å². The maximum atomic E-state index is 12.2. The first-order valence-electron chi connectivity index (χ1n) is 8.45. The molecule has 0 bridgehead atoms. The second-order valence-electron chi connectivity index (χ2n) is 6.03. The topological polar surface area (TPSA) is 55.8 Å². The molecule has 26 heavy (non-hydrogen) atoms. The van der Waals surface area contributed by atoms with Crippen molar-refractivity contribution in [2.24, 2.45) is 0 Å². The van der Waals surface area contributed by atoms with Gasteiger partial charge in [0.2, 0.25) is 0 Å². The molecule has 7 heteroatoms. The molecule has 0 unspecified atom stereocenters. The summed E-state index contributed by atoms with van der Waals surface area (Å²) in [5.74, 6) is -0.542. The molecule has 0 saturated heterocycles. The van der Waals surface area contributed by atoms with Crippen molar-refractivity contribution in [1.29, 1.82) is 0 Å². The predicted molar refractivity (Wildman–Crippen MR) is 101 cm³/mol. The number of rotatable bonds is 5. The summed E-state index contributed by atoms with van der Waals surface area (Å²) in [6.07, 6.45) is 0.790. The molecule has 2 aromatic rings. The number of ether oxygens (including phenoxy) is 2. The molecule has 1 aromatic heterocycles. The summed E-state index contributed by atoms with van der Waals surface area (Å²) in [5.41, 5.74) is 1.94. The van der Waals surface area contributed by atoms with Crippen molar-refractivity contribution < 1.29 is 19.1 Å². The average molecular weight is 394 g/mol. The highest BCUT2D eigenvalue weighted by atomic mass is 35.5. The molecule has 0 aliphatic carbocycles. The van der Waals surface area contributed by atoms with Gasteiger partial charge in [-0.15, -0.1) is 11.3 Å². The van der Waals surface area contributed by atoms with Crippen molar-refractivity contribution in [3.63, 3.8) is 0 Å². The largest absolute Gasteiger partial charge is 0.462 e. The van der Waals surface area contributed by atoms with Crippen LogP contribution in [0.25, 0.3) is 0 Å². The van der Waals surface area contributed by atoms with Crippen LogP contribution < -0.4 is 4.74 Å². The van der Waals surface area contributed by atoms with Crippen molar-refractivity contribution in [3.05, 3.63) is 50.2 Å². The maximum Gasteiger partial charge on any atom is 0.352 e. The Morgan fingerprint density at radius 3 is 2.77 bits per heavy atom. The average Bonchev–Trinajstić information content (AvgIpc) is 2.95. The minimum Gasteiger partial charge on any atom is -0.462 e. The van der Waals surface area contributed by atoms with Crippen LogP contribution in [-0.4, -0.2) is 30.0 Å². The van der Waals surface area contributed by atoms with Gasteiger partial charge >= 0.3 is 11.9 Å². The standard InChI is InChI=1S/C19H20ClNO4S/c1-3-24-19(23)18-17(25-12(2)22)14-11-21(9-8-16(14)26-18)10-13-6-4-5-7-15(13)20/h4-7H,3,8-11H2,1-2H3. The molecule has 1 aliphatic heterocycles. The van der Waals surface area contributed by atoms with Gasteiger partial charge in [0, 0.05) is 42.0 Å². The number of carbonyl (C=O) groups is 2. The summed E-state index contributed by atoms with van der Waals surface area (Å²) in [5, 5.41) is 0.732. The van der Waals surface area contributed by atoms with Crippen LogP contribution in [0.1, 0.15) is 39.5 Å². The molecule has 0 N–H and O–H groups in total. The quantitative estimate of drug-likeness (QED) is 0.717. The van der Waals surface area contributed by atoms with E-state index in [4.69, 9.17) is 21.1 Å². The molecular weight excluding hydrogens is 374 g/mol. The van der Waals surface area contributed by atoms with Crippen LogP contribution >= 0.6 is 22.9 Å². The SMILES string of the molecule is CCOC(=O)c1sc2c(c1OC(C)=O)CN(Cc1ccccc1Cl)CC2. The Morgan fingerprint density at radius 1 is 1.31 bits per heavy atom. The Hall–Kier alpha value is -1.89. The summed E-state index contributed by atoms with van der Waals surface area (Å²) in [6, 6.07) is 7.75. The van der Waals surface area contributed by atoms with E-state index in [1.165, 1.54) is 18.3 Å². The number of fused-ring (bicyclic) bond motifs is 1. The molecule has 1 aromatic carbocycles. The van der Waals surface area contributed by atoms with E-state index in [2.05, 4.69) is 4.90 Å². The van der Waals surface area contributed by atoms with E-state index >= 15 is 0 Å². The first-order chi connectivity index (χ1) is 12.5. The molecule has 2 heterocycles. The number of thiophene rings is 1. The highest BCUT2D eigenvalue weighted by Crippen LogP contribution is 2.40. The van der Waals surface area contributed by atoms with Crippen molar-refractivity contribution in [2.75, 3.05) is 13.2 Å². The monoisotopic (exact) mass is 393 g/mol. The maximum absolute atomic E-state index is 12.2. The van der Waals surface area contributed by atoms with Crippen LogP contribution in [0, 0.1) is 0 Å². The Labute approximate surface area is 161 Å². The van der Waals surface area contributed by atoms with Gasteiger partial charge in [0.25, 0.3) is 0 Å². The van der Waals surface area contributed by atoms with E-state index in [0.717, 1.165) is 34.0 Å². The molecule has 0 radical (unpaired) electrons. The van der Waals surface area contributed by atoms with Crippen LogP contribution in [0.3, 0.4) is 0 Å². The molecular formula is C19H20ClNO4S. The number of hydrogen-bond acceptors (Lipinski definition) is 6. The van der Waals surface area contributed by atoms with E-state index in [1.807, 2.05) is 24.3 Å². The normalized spacial score (nSPS) is 14.0. The Kier molecular flexibility index (Phi) is 5.96. The third kappa shape index (κ3) is 4.09. The summed E-state index contributed by atoms with van der Waals surface area (Å²) in [6.45, 7) is 5.51. The third-order valence-corrected chi connectivity index (χ3v) is 5.76. The zero-order chi connectivity index (χ0) is 18.7. The molecule has 0 amide bonds. The van der Waals surface area contributed by atoms with Gasteiger partial charge in [-0.3, -0.25) is 9.69 Å². The Bertz CT molecular complexity index is 833. The van der Waals surface area contributed by atoms with Gasteiger partial charge in [-0.05, 0) is 25.0 Å². The highest BCUT2D eigenvalue weighted by Gasteiger charge is 2.30. The van der Waals surface area contributed by atoms with Gasteiger partial charge in [-0.2, -0.15) is 0 Å². The van der Waals surface area contributed by atoms with Crippen molar-refractivity contribution in [3.8, 4) is 5.75 Å². The van der Waals surface area contributed by atoms with E-state index in [0.29, 0.717) is 23.7 Å². The van der Waals surface area contributed by atoms with Gasteiger partial charge < -0.3 is 9.47 Å². The first kappa shape index (κ1) is 18.9. The molecule has 5 nitrogen and oxygen atoms in total. The molecule has 1 aliphatic rings. The van der Waals surface area contributed by atoms with Gasteiger partial charge in [0.15, 0.2) is 10.6 Å². The van der Waals surface area contributed by atoms with Crippen LogP contribution in [0.5, 0.6) is 5.75 Å². The second-order valence-corrected chi connectivity index (χ2v) is 7.54. The van der Waals surface area contributed by atoms with Gasteiger partial charge in [-0.1, -0.05) is 29.8 Å². The third-order valence-electron chi connectivity index (χ3n) is 4.14. The molecule has 3 rings (SSSR count). The summed E-state index contributed by atoms with van der Waals surface area (Å²) < 4.78 is 10.5. The highest BCUT2D eigenvalue weighted by molar-refractivity contribution is 7.14. The number of nitrogens with zero attached hydrogens (tertiary/aromatic N) is 1. The lowest BCUT2D eigenvalue weighted by Gasteiger charge is -2.27. The van der Waals surface area contributed by atoms with Crippen molar-refractivity contribution in [2.45, 2.75) is 33.4 Å². The molecule has 138 valence electrons. The Morgan fingerprint density at radius 2 is 2.08 bits per heavy atom. The number of halogens is 1. The minimum absolute atomic E-state index is 0.277. The number of benzene rings is 1. The lowest BCUT2D eigenvalue weighted by molar-refractivity contribution is -0.131. The fraction of sp³-hybridized carbons (Fsp3) is 0.368. The fourth-order valence-electron chi connectivity index (χ4n) is 3.00. The molecule has 0 fully saturated rings. The van der Waals surface area contributed by atoms with E-state index in [-0.39, 0.29) is 6.61 Å². The lowest BCUT2D eigenvalue weighted by atomic mass is 10.1. The van der Waals surface area contributed by atoms with E-state index in [9.17, 15) is 9.59 Å². The summed E-state index contributed by atoms with van der Waals surface area (Å²) >= 11 is 7.63. The molecule has 0 atom stereocenters. The molecule has 0 saturated carbocycles. The number of hydrogen-bond donors (Lipinski definition) is 0. The molecule has 0 spiro atoms. The summed E-state index contributed by atoms with van der Waals surface area (Å²) in [7, 11) is 0. The van der Waals surface area contributed by atoms with Crippen LogP contribution in [-0.2, 0) is 29.0 Å². The minimum atomic E-state index is -0.445. The van der Waals surface area contributed by atoms with E-state index < -0.39 is 11.9 Å².